The van der Waals surface area contributed by atoms with E-state index >= 15 is 0 Å². The molecule has 1 saturated heterocycles. The van der Waals surface area contributed by atoms with Gasteiger partial charge in [-0.25, -0.2) is 0 Å². The maximum absolute atomic E-state index is 10.0. The van der Waals surface area contributed by atoms with Crippen molar-refractivity contribution in [2.75, 3.05) is 26.3 Å². The largest absolute Gasteiger partial charge is 0.395 e. The van der Waals surface area contributed by atoms with Crippen LogP contribution in [0.5, 0.6) is 0 Å². The minimum absolute atomic E-state index is 0.0537. The second-order valence-corrected chi connectivity index (χ2v) is 4.94. The molecule has 6 nitrogen and oxygen atoms in total. The van der Waals surface area contributed by atoms with Crippen LogP contribution in [0.3, 0.4) is 0 Å². The predicted molar refractivity (Wildman–Crippen MR) is 64.0 cm³/mol. The Kier molecular flexibility index (Phi) is 4.34. The van der Waals surface area contributed by atoms with Gasteiger partial charge in [-0.2, -0.15) is 0 Å². The van der Waals surface area contributed by atoms with Crippen molar-refractivity contribution in [2.45, 2.75) is 25.5 Å². The average Bonchev–Trinajstić information content (AvgIpc) is 2.89. The monoisotopic (exact) mass is 256 g/mol. The lowest BCUT2D eigenvalue weighted by molar-refractivity contribution is 0.0784. The molecule has 0 bridgehead atoms. The highest BCUT2D eigenvalue weighted by Gasteiger charge is 2.35. The molecule has 0 amide bonds. The van der Waals surface area contributed by atoms with Crippen molar-refractivity contribution < 1.29 is 19.8 Å². The molecule has 0 radical (unpaired) electrons. The first-order chi connectivity index (χ1) is 8.63. The van der Waals surface area contributed by atoms with Crippen molar-refractivity contribution >= 4 is 0 Å². The second-order valence-electron chi connectivity index (χ2n) is 4.94. The van der Waals surface area contributed by atoms with Gasteiger partial charge in [0, 0.05) is 31.5 Å². The van der Waals surface area contributed by atoms with E-state index < -0.39 is 6.10 Å². The van der Waals surface area contributed by atoms with Crippen LogP contribution in [0.25, 0.3) is 0 Å². The summed E-state index contributed by atoms with van der Waals surface area (Å²) in [5, 5.41) is 32.1. The van der Waals surface area contributed by atoms with Gasteiger partial charge < -0.3 is 19.8 Å². The van der Waals surface area contributed by atoms with Crippen LogP contribution in [0.15, 0.2) is 10.6 Å². The Bertz CT molecular complexity index is 378. The van der Waals surface area contributed by atoms with Gasteiger partial charge in [0.15, 0.2) is 0 Å². The van der Waals surface area contributed by atoms with Gasteiger partial charge in [-0.3, -0.25) is 4.90 Å². The van der Waals surface area contributed by atoms with Crippen LogP contribution < -0.4 is 0 Å². The number of β-amino-alcohol motifs (C(OH)–C–C–N with tert-alkyl or cyclic N) is 1. The molecule has 0 unspecified atom stereocenters. The summed E-state index contributed by atoms with van der Waals surface area (Å²) in [7, 11) is 0. The first-order valence-corrected chi connectivity index (χ1v) is 6.20. The zero-order valence-electron chi connectivity index (χ0n) is 10.5. The van der Waals surface area contributed by atoms with E-state index in [1.54, 1.807) is 0 Å². The third kappa shape index (κ3) is 2.89. The molecular weight excluding hydrogens is 236 g/mol. The van der Waals surface area contributed by atoms with Crippen molar-refractivity contribution in [3.63, 3.8) is 0 Å². The molecule has 1 aromatic rings. The Labute approximate surface area is 106 Å². The fourth-order valence-corrected chi connectivity index (χ4v) is 2.45. The van der Waals surface area contributed by atoms with E-state index in [-0.39, 0.29) is 25.2 Å². The third-order valence-electron chi connectivity index (χ3n) is 3.51. The molecular formula is C12H20N2O4. The zero-order chi connectivity index (χ0) is 13.1. The van der Waals surface area contributed by atoms with E-state index in [9.17, 15) is 5.11 Å². The summed E-state index contributed by atoms with van der Waals surface area (Å²) < 4.78 is 5.14. The highest BCUT2D eigenvalue weighted by Crippen LogP contribution is 2.23. The smallest absolute Gasteiger partial charge is 0.137 e. The molecule has 3 N–H and O–H groups in total. The van der Waals surface area contributed by atoms with Crippen molar-refractivity contribution in [3.05, 3.63) is 17.5 Å². The number of aliphatic hydroxyl groups excluding tert-OH is 3. The van der Waals surface area contributed by atoms with Gasteiger partial charge in [0.25, 0.3) is 0 Å². The van der Waals surface area contributed by atoms with Crippen LogP contribution in [-0.2, 0) is 6.42 Å². The molecule has 2 heterocycles. The maximum Gasteiger partial charge on any atom is 0.137 e. The summed E-state index contributed by atoms with van der Waals surface area (Å²) in [4.78, 5) is 1.92. The van der Waals surface area contributed by atoms with E-state index in [2.05, 4.69) is 5.16 Å². The molecule has 18 heavy (non-hydrogen) atoms. The van der Waals surface area contributed by atoms with E-state index in [0.717, 1.165) is 11.5 Å². The van der Waals surface area contributed by atoms with E-state index in [0.29, 0.717) is 19.5 Å². The Balaban J connectivity index is 1.94. The van der Waals surface area contributed by atoms with E-state index in [1.807, 2.05) is 17.9 Å². The highest BCUT2D eigenvalue weighted by atomic mass is 16.5. The first kappa shape index (κ1) is 13.5. The summed E-state index contributed by atoms with van der Waals surface area (Å²) >= 11 is 0. The van der Waals surface area contributed by atoms with Gasteiger partial charge in [-0.15, -0.1) is 0 Å². The quantitative estimate of drug-likeness (QED) is 0.637. The highest BCUT2D eigenvalue weighted by molar-refractivity contribution is 5.05. The molecule has 0 aliphatic carbocycles. The van der Waals surface area contributed by atoms with Crippen molar-refractivity contribution in [2.24, 2.45) is 5.92 Å². The molecule has 0 saturated carbocycles. The fraction of sp³-hybridized carbons (Fsp3) is 0.750. The van der Waals surface area contributed by atoms with Gasteiger partial charge >= 0.3 is 0 Å². The van der Waals surface area contributed by atoms with E-state index in [1.165, 1.54) is 0 Å². The number of likely N-dealkylation sites (tertiary alicyclic amines) is 1. The van der Waals surface area contributed by atoms with Crippen molar-refractivity contribution in [1.29, 1.82) is 0 Å². The number of hydrogen-bond donors (Lipinski definition) is 3. The third-order valence-corrected chi connectivity index (χ3v) is 3.51. The lowest BCUT2D eigenvalue weighted by atomic mass is 10.0. The normalized spacial score (nSPS) is 25.2. The van der Waals surface area contributed by atoms with Crippen molar-refractivity contribution in [1.82, 2.24) is 10.1 Å². The minimum atomic E-state index is -0.462. The number of aryl methyl sites for hydroxylation is 1. The molecule has 0 aromatic carbocycles. The Morgan fingerprint density at radius 1 is 1.44 bits per heavy atom. The summed E-state index contributed by atoms with van der Waals surface area (Å²) in [6.45, 7) is 2.78. The topological polar surface area (TPSA) is 90.0 Å². The van der Waals surface area contributed by atoms with Gasteiger partial charge in [-0.1, -0.05) is 5.16 Å². The second kappa shape index (κ2) is 5.79. The van der Waals surface area contributed by atoms with Crippen LogP contribution in [0, 0.1) is 12.8 Å². The molecule has 1 fully saturated rings. The Morgan fingerprint density at radius 3 is 2.72 bits per heavy atom. The van der Waals surface area contributed by atoms with Crippen molar-refractivity contribution in [3.8, 4) is 0 Å². The fourth-order valence-electron chi connectivity index (χ4n) is 2.45. The maximum atomic E-state index is 10.0. The SMILES string of the molecule is Cc1cc(C[C@@H]2CN(C(CO)CO)C[C@@H]2O)on1. The van der Waals surface area contributed by atoms with Gasteiger partial charge in [0.05, 0.1) is 31.1 Å². The minimum Gasteiger partial charge on any atom is -0.395 e. The summed E-state index contributed by atoms with van der Waals surface area (Å²) in [5.41, 5.74) is 0.831. The molecule has 1 aliphatic rings. The predicted octanol–water partition coefficient (Wildman–Crippen LogP) is -0.829. The molecule has 2 atom stereocenters. The molecule has 2 rings (SSSR count). The number of rotatable bonds is 5. The lowest BCUT2D eigenvalue weighted by Crippen LogP contribution is -2.39. The van der Waals surface area contributed by atoms with E-state index in [4.69, 9.17) is 14.7 Å². The van der Waals surface area contributed by atoms with Crippen LogP contribution in [-0.4, -0.2) is 63.8 Å². The summed E-state index contributed by atoms with van der Waals surface area (Å²) in [6, 6.07) is 1.58. The number of aromatic nitrogens is 1. The molecule has 6 heteroatoms. The Hall–Kier alpha value is -0.950. The van der Waals surface area contributed by atoms with Gasteiger partial charge in [-0.05, 0) is 6.92 Å². The molecule has 0 spiro atoms. The number of aliphatic hydroxyl groups is 3. The molecule has 1 aromatic heterocycles. The summed E-state index contributed by atoms with van der Waals surface area (Å²) in [5.74, 6) is 0.820. The van der Waals surface area contributed by atoms with Crippen LogP contribution in [0.4, 0.5) is 0 Å². The number of nitrogens with zero attached hydrogens (tertiary/aromatic N) is 2. The molecule has 1 aliphatic heterocycles. The van der Waals surface area contributed by atoms with Crippen LogP contribution in [0.1, 0.15) is 11.5 Å². The lowest BCUT2D eigenvalue weighted by Gasteiger charge is -2.23. The standard InChI is InChI=1S/C12H20N2O4/c1-8-2-11(18-13-8)3-9-4-14(5-12(9)17)10(6-15)7-16/h2,9-10,12,15-17H,3-7H2,1H3/t9-,12+/m1/s1. The zero-order valence-corrected chi connectivity index (χ0v) is 10.5. The van der Waals surface area contributed by atoms with Gasteiger partial charge in [0.1, 0.15) is 5.76 Å². The van der Waals surface area contributed by atoms with Gasteiger partial charge in [0.2, 0.25) is 0 Å². The average molecular weight is 256 g/mol. The Morgan fingerprint density at radius 2 is 2.17 bits per heavy atom. The van der Waals surface area contributed by atoms with Crippen LogP contribution in [0.2, 0.25) is 0 Å². The number of hydrogen-bond acceptors (Lipinski definition) is 6. The summed E-state index contributed by atoms with van der Waals surface area (Å²) in [6.07, 6.45) is 0.165. The molecule has 102 valence electrons. The van der Waals surface area contributed by atoms with Crippen LogP contribution >= 0.6 is 0 Å². The first-order valence-electron chi connectivity index (χ1n) is 6.20.